The van der Waals surface area contributed by atoms with Crippen molar-refractivity contribution in [1.29, 1.82) is 0 Å². The summed E-state index contributed by atoms with van der Waals surface area (Å²) < 4.78 is 0. The molecular formula is C29H31N5. The van der Waals surface area contributed by atoms with Gasteiger partial charge in [0.2, 0.25) is 0 Å². The lowest BCUT2D eigenvalue weighted by Crippen LogP contribution is -2.29. The summed E-state index contributed by atoms with van der Waals surface area (Å²) in [6, 6.07) is 11.2. The van der Waals surface area contributed by atoms with Crippen LogP contribution < -0.4 is 10.6 Å². The highest BCUT2D eigenvalue weighted by Gasteiger charge is 2.23. The fraction of sp³-hybridized carbons (Fsp3) is 0.310. The van der Waals surface area contributed by atoms with Crippen molar-refractivity contribution in [3.8, 4) is 11.1 Å². The first kappa shape index (κ1) is 21.1. The Bertz CT molecular complexity index is 1280. The van der Waals surface area contributed by atoms with Gasteiger partial charge in [-0.25, -0.2) is 0 Å². The molecular weight excluding hydrogens is 418 g/mol. The summed E-state index contributed by atoms with van der Waals surface area (Å²) in [5, 5.41) is 7.22. The van der Waals surface area contributed by atoms with E-state index < -0.39 is 0 Å². The SMILES string of the molecule is CC1=C(C2=CCNc3ccc(-c4cncc(CN5CCCCC5)c4)cc32)Nc2cnccc2C1. The molecule has 1 aromatic carbocycles. The Balaban J connectivity index is 1.32. The molecule has 5 heteroatoms. The van der Waals surface area contributed by atoms with Gasteiger partial charge in [0.05, 0.1) is 11.9 Å². The third-order valence-electron chi connectivity index (χ3n) is 7.21. The van der Waals surface area contributed by atoms with Crippen LogP contribution in [0.25, 0.3) is 16.7 Å². The zero-order valence-electron chi connectivity index (χ0n) is 19.8. The number of piperidine rings is 1. The van der Waals surface area contributed by atoms with E-state index in [1.165, 1.54) is 82.7 Å². The third kappa shape index (κ3) is 4.12. The predicted octanol–water partition coefficient (Wildman–Crippen LogP) is 5.88. The van der Waals surface area contributed by atoms with Crippen molar-refractivity contribution in [3.63, 3.8) is 0 Å². The number of nitrogens with one attached hydrogen (secondary N) is 2. The Kier molecular flexibility index (Phi) is 5.63. The molecule has 0 saturated carbocycles. The summed E-state index contributed by atoms with van der Waals surface area (Å²) in [5.74, 6) is 0. The second kappa shape index (κ2) is 9.07. The lowest BCUT2D eigenvalue weighted by molar-refractivity contribution is 0.220. The molecule has 34 heavy (non-hydrogen) atoms. The number of rotatable bonds is 4. The van der Waals surface area contributed by atoms with E-state index in [0.29, 0.717) is 0 Å². The summed E-state index contributed by atoms with van der Waals surface area (Å²) >= 11 is 0. The van der Waals surface area contributed by atoms with Crippen molar-refractivity contribution in [2.45, 2.75) is 39.2 Å². The highest BCUT2D eigenvalue weighted by Crippen LogP contribution is 2.39. The number of anilines is 2. The van der Waals surface area contributed by atoms with Crippen LogP contribution in [0.4, 0.5) is 11.4 Å². The van der Waals surface area contributed by atoms with Gasteiger partial charge in [0, 0.05) is 59.8 Å². The summed E-state index contributed by atoms with van der Waals surface area (Å²) in [6.07, 6.45) is 15.0. The molecule has 3 aliphatic rings. The molecule has 5 nitrogen and oxygen atoms in total. The van der Waals surface area contributed by atoms with Crippen molar-refractivity contribution in [2.75, 3.05) is 30.3 Å². The molecule has 0 radical (unpaired) electrons. The van der Waals surface area contributed by atoms with Crippen LogP contribution >= 0.6 is 0 Å². The number of fused-ring (bicyclic) bond motifs is 2. The van der Waals surface area contributed by atoms with E-state index in [4.69, 9.17) is 0 Å². The molecule has 5 heterocycles. The van der Waals surface area contributed by atoms with Gasteiger partial charge in [0.25, 0.3) is 0 Å². The Morgan fingerprint density at radius 2 is 1.82 bits per heavy atom. The van der Waals surface area contributed by atoms with Crippen molar-refractivity contribution >= 4 is 16.9 Å². The minimum atomic E-state index is 0.826. The first-order valence-electron chi connectivity index (χ1n) is 12.4. The smallest absolute Gasteiger partial charge is 0.0606 e. The van der Waals surface area contributed by atoms with Gasteiger partial charge in [-0.15, -0.1) is 0 Å². The lowest BCUT2D eigenvalue weighted by Gasteiger charge is -2.28. The number of benzene rings is 1. The highest BCUT2D eigenvalue weighted by molar-refractivity contribution is 5.93. The first-order chi connectivity index (χ1) is 16.7. The van der Waals surface area contributed by atoms with Crippen molar-refractivity contribution in [1.82, 2.24) is 14.9 Å². The first-order valence-corrected chi connectivity index (χ1v) is 12.4. The molecule has 0 amide bonds. The lowest BCUT2D eigenvalue weighted by atomic mass is 9.89. The van der Waals surface area contributed by atoms with Crippen LogP contribution in [0.15, 0.2) is 72.5 Å². The molecule has 1 fully saturated rings. The number of pyridine rings is 2. The molecule has 0 aliphatic carbocycles. The number of aromatic nitrogens is 2. The van der Waals surface area contributed by atoms with E-state index in [9.17, 15) is 0 Å². The van der Waals surface area contributed by atoms with Crippen LogP contribution in [-0.4, -0.2) is 34.5 Å². The topological polar surface area (TPSA) is 53.1 Å². The molecule has 0 bridgehead atoms. The standard InChI is InChI=1S/C29H31N5/c1-20-13-23-7-9-30-18-28(23)33-29(20)25-8-10-32-27-6-5-22(15-26(25)27)24-14-21(16-31-17-24)19-34-11-3-2-4-12-34/h5-9,14-18,32-33H,2-4,10-13,19H2,1H3. The number of likely N-dealkylation sites (tertiary alicyclic amines) is 1. The largest absolute Gasteiger partial charge is 0.381 e. The van der Waals surface area contributed by atoms with Gasteiger partial charge in [-0.2, -0.15) is 0 Å². The third-order valence-corrected chi connectivity index (χ3v) is 7.21. The predicted molar refractivity (Wildman–Crippen MR) is 140 cm³/mol. The average Bonchev–Trinajstić information content (AvgIpc) is 2.88. The zero-order valence-corrected chi connectivity index (χ0v) is 19.8. The molecule has 2 N–H and O–H groups in total. The fourth-order valence-corrected chi connectivity index (χ4v) is 5.42. The minimum Gasteiger partial charge on any atom is -0.381 e. The Labute approximate surface area is 201 Å². The normalized spacial score (nSPS) is 17.9. The number of hydrogen-bond donors (Lipinski definition) is 2. The summed E-state index contributed by atoms with van der Waals surface area (Å²) in [6.45, 7) is 6.44. The Morgan fingerprint density at radius 1 is 0.912 bits per heavy atom. The quantitative estimate of drug-likeness (QED) is 0.521. The van der Waals surface area contributed by atoms with Gasteiger partial charge in [-0.3, -0.25) is 14.9 Å². The molecule has 3 aromatic rings. The fourth-order valence-electron chi connectivity index (χ4n) is 5.42. The van der Waals surface area contributed by atoms with E-state index in [2.05, 4.69) is 68.8 Å². The van der Waals surface area contributed by atoms with Crippen LogP contribution in [0.5, 0.6) is 0 Å². The maximum atomic E-state index is 4.60. The summed E-state index contributed by atoms with van der Waals surface area (Å²) in [4.78, 5) is 11.5. The highest BCUT2D eigenvalue weighted by atomic mass is 15.1. The Morgan fingerprint density at radius 3 is 2.74 bits per heavy atom. The zero-order chi connectivity index (χ0) is 22.9. The van der Waals surface area contributed by atoms with E-state index in [1.807, 2.05) is 24.8 Å². The maximum absolute atomic E-state index is 4.60. The van der Waals surface area contributed by atoms with Gasteiger partial charge < -0.3 is 10.6 Å². The van der Waals surface area contributed by atoms with Crippen LogP contribution in [0.1, 0.15) is 42.9 Å². The molecule has 2 aromatic heterocycles. The minimum absolute atomic E-state index is 0.826. The van der Waals surface area contributed by atoms with E-state index in [1.54, 1.807) is 0 Å². The van der Waals surface area contributed by atoms with Crippen molar-refractivity contribution in [3.05, 3.63) is 89.2 Å². The van der Waals surface area contributed by atoms with Crippen LogP contribution in [0.3, 0.4) is 0 Å². The van der Waals surface area contributed by atoms with Gasteiger partial charge in [-0.1, -0.05) is 18.6 Å². The van der Waals surface area contributed by atoms with Crippen LogP contribution in [-0.2, 0) is 13.0 Å². The van der Waals surface area contributed by atoms with Gasteiger partial charge in [0.1, 0.15) is 0 Å². The molecule has 0 spiro atoms. The van der Waals surface area contributed by atoms with E-state index in [-0.39, 0.29) is 0 Å². The van der Waals surface area contributed by atoms with Gasteiger partial charge >= 0.3 is 0 Å². The number of nitrogens with zero attached hydrogens (tertiary/aromatic N) is 3. The average molecular weight is 450 g/mol. The van der Waals surface area contributed by atoms with E-state index >= 15 is 0 Å². The van der Waals surface area contributed by atoms with Crippen LogP contribution in [0.2, 0.25) is 0 Å². The second-order valence-electron chi connectivity index (χ2n) is 9.67. The second-order valence-corrected chi connectivity index (χ2v) is 9.67. The molecule has 3 aliphatic heterocycles. The molecule has 0 atom stereocenters. The maximum Gasteiger partial charge on any atom is 0.0606 e. The molecule has 172 valence electrons. The van der Waals surface area contributed by atoms with Gasteiger partial charge in [-0.05, 0) is 85.8 Å². The molecule has 6 rings (SSSR count). The van der Waals surface area contributed by atoms with E-state index in [0.717, 1.165) is 25.2 Å². The monoisotopic (exact) mass is 449 g/mol. The van der Waals surface area contributed by atoms with Crippen molar-refractivity contribution in [2.24, 2.45) is 0 Å². The summed E-state index contributed by atoms with van der Waals surface area (Å²) in [7, 11) is 0. The molecule has 1 saturated heterocycles. The van der Waals surface area contributed by atoms with Crippen molar-refractivity contribution < 1.29 is 0 Å². The van der Waals surface area contributed by atoms with Gasteiger partial charge in [0.15, 0.2) is 0 Å². The summed E-state index contributed by atoms with van der Waals surface area (Å²) in [5.41, 5.74) is 12.3. The molecule has 0 unspecified atom stereocenters. The number of allylic oxidation sites excluding steroid dienone is 2. The van der Waals surface area contributed by atoms with Crippen LogP contribution in [0, 0.1) is 0 Å². The number of hydrogen-bond acceptors (Lipinski definition) is 5. The Hall–Kier alpha value is -3.44.